The number of hydrogen-bond acceptors (Lipinski definition) is 6. The molecule has 0 bridgehead atoms. The minimum Gasteiger partial charge on any atom is -0.424 e. The van der Waals surface area contributed by atoms with E-state index in [1.807, 2.05) is 0 Å². The maximum absolute atomic E-state index is 10.9. The summed E-state index contributed by atoms with van der Waals surface area (Å²) in [5.41, 5.74) is 1.86. The molecule has 1 aromatic carbocycles. The van der Waals surface area contributed by atoms with E-state index in [-0.39, 0.29) is 18.3 Å². The molecular weight excluding hydrogens is 262 g/mol. The van der Waals surface area contributed by atoms with Crippen LogP contribution in [0.4, 0.5) is 5.69 Å². The van der Waals surface area contributed by atoms with Crippen LogP contribution in [0.3, 0.4) is 0 Å². The van der Waals surface area contributed by atoms with Gasteiger partial charge in [0, 0.05) is 23.5 Å². The molecule has 0 fully saturated rings. The second kappa shape index (κ2) is 5.62. The summed E-state index contributed by atoms with van der Waals surface area (Å²) in [6.07, 6.45) is 2.86. The Labute approximate surface area is 115 Å². The molecule has 0 saturated heterocycles. The van der Waals surface area contributed by atoms with Gasteiger partial charge in [-0.15, -0.1) is 0 Å². The van der Waals surface area contributed by atoms with Gasteiger partial charge in [0.15, 0.2) is 0 Å². The molecule has 0 aliphatic carbocycles. The van der Waals surface area contributed by atoms with E-state index in [1.165, 1.54) is 18.5 Å². The van der Waals surface area contributed by atoms with E-state index in [4.69, 9.17) is 9.84 Å². The minimum absolute atomic E-state index is 0.0161. The van der Waals surface area contributed by atoms with Crippen LogP contribution in [0.2, 0.25) is 0 Å². The fourth-order valence-electron chi connectivity index (χ4n) is 1.70. The topological polar surface area (TPSA) is 98.4 Å². The minimum atomic E-state index is -0.461. The molecule has 0 unspecified atom stereocenters. The summed E-state index contributed by atoms with van der Waals surface area (Å²) in [4.78, 5) is 18.3. The number of benzene rings is 1. The number of nitro groups is 1. The van der Waals surface area contributed by atoms with Crippen LogP contribution in [0.5, 0.6) is 11.8 Å². The van der Waals surface area contributed by atoms with Crippen LogP contribution in [-0.2, 0) is 6.61 Å². The van der Waals surface area contributed by atoms with Gasteiger partial charge in [0.05, 0.1) is 17.6 Å². The number of rotatable bonds is 4. The predicted molar refractivity (Wildman–Crippen MR) is 70.6 cm³/mol. The maximum atomic E-state index is 10.9. The Bertz CT molecular complexity index is 641. The lowest BCUT2D eigenvalue weighted by Gasteiger charge is -2.08. The van der Waals surface area contributed by atoms with E-state index >= 15 is 0 Å². The molecule has 1 N–H and O–H groups in total. The molecular formula is C13H13N3O4. The van der Waals surface area contributed by atoms with Gasteiger partial charge < -0.3 is 9.84 Å². The molecule has 0 radical (unpaired) electrons. The molecule has 0 spiro atoms. The lowest BCUT2D eigenvalue weighted by atomic mass is 10.1. The number of aromatic nitrogens is 2. The van der Waals surface area contributed by atoms with Crippen molar-refractivity contribution in [1.29, 1.82) is 0 Å². The Morgan fingerprint density at radius 2 is 1.90 bits per heavy atom. The molecule has 0 aliphatic rings. The summed E-state index contributed by atoms with van der Waals surface area (Å²) < 4.78 is 5.45. The molecule has 0 amide bonds. The third-order valence-electron chi connectivity index (χ3n) is 2.76. The number of aliphatic hydroxyl groups is 1. The number of hydrogen-bond donors (Lipinski definition) is 1. The van der Waals surface area contributed by atoms with Crippen LogP contribution >= 0.6 is 0 Å². The fraction of sp³-hybridized carbons (Fsp3) is 0.231. The van der Waals surface area contributed by atoms with Crippen molar-refractivity contribution in [3.8, 4) is 11.8 Å². The van der Waals surface area contributed by atoms with Crippen molar-refractivity contribution in [2.75, 3.05) is 0 Å². The molecule has 0 aliphatic heterocycles. The Balaban J connectivity index is 2.32. The van der Waals surface area contributed by atoms with E-state index in [9.17, 15) is 10.1 Å². The van der Waals surface area contributed by atoms with Crippen LogP contribution in [0.15, 0.2) is 24.5 Å². The SMILES string of the molecule is Cc1cc(C)c([N+](=O)[O-])cc1Oc1ncc(CO)cn1. The second-order valence-electron chi connectivity index (χ2n) is 4.30. The van der Waals surface area contributed by atoms with Gasteiger partial charge in [-0.3, -0.25) is 10.1 Å². The van der Waals surface area contributed by atoms with Crippen molar-refractivity contribution >= 4 is 5.69 Å². The van der Waals surface area contributed by atoms with Gasteiger partial charge >= 0.3 is 6.01 Å². The highest BCUT2D eigenvalue weighted by Crippen LogP contribution is 2.30. The lowest BCUT2D eigenvalue weighted by molar-refractivity contribution is -0.385. The van der Waals surface area contributed by atoms with E-state index < -0.39 is 4.92 Å². The second-order valence-corrected chi connectivity index (χ2v) is 4.30. The highest BCUT2D eigenvalue weighted by atomic mass is 16.6. The Morgan fingerprint density at radius 1 is 1.25 bits per heavy atom. The van der Waals surface area contributed by atoms with Gasteiger partial charge in [-0.2, -0.15) is 0 Å². The molecule has 20 heavy (non-hydrogen) atoms. The van der Waals surface area contributed by atoms with Crippen LogP contribution in [0, 0.1) is 24.0 Å². The highest BCUT2D eigenvalue weighted by molar-refractivity contribution is 5.50. The fourth-order valence-corrected chi connectivity index (χ4v) is 1.70. The summed E-state index contributed by atoms with van der Waals surface area (Å²) in [7, 11) is 0. The van der Waals surface area contributed by atoms with E-state index in [1.54, 1.807) is 19.9 Å². The Morgan fingerprint density at radius 3 is 2.45 bits per heavy atom. The summed E-state index contributed by atoms with van der Waals surface area (Å²) in [5, 5.41) is 19.8. The first-order valence-electron chi connectivity index (χ1n) is 5.86. The van der Waals surface area contributed by atoms with Crippen molar-refractivity contribution in [3.05, 3.63) is 51.3 Å². The first kappa shape index (κ1) is 13.9. The van der Waals surface area contributed by atoms with Gasteiger partial charge in [-0.05, 0) is 25.5 Å². The summed E-state index contributed by atoms with van der Waals surface area (Å²) in [6.45, 7) is 3.30. The van der Waals surface area contributed by atoms with Gasteiger partial charge in [0.25, 0.3) is 5.69 Å². The van der Waals surface area contributed by atoms with Gasteiger partial charge in [-0.1, -0.05) is 0 Å². The molecule has 7 nitrogen and oxygen atoms in total. The molecule has 1 heterocycles. The third-order valence-corrected chi connectivity index (χ3v) is 2.76. The average Bonchev–Trinajstić information content (AvgIpc) is 2.42. The zero-order chi connectivity index (χ0) is 14.7. The van der Waals surface area contributed by atoms with Crippen LogP contribution in [-0.4, -0.2) is 20.0 Å². The van der Waals surface area contributed by atoms with Gasteiger partial charge in [0.2, 0.25) is 0 Å². The lowest BCUT2D eigenvalue weighted by Crippen LogP contribution is -1.98. The Kier molecular flexibility index (Phi) is 3.90. The number of aryl methyl sites for hydroxylation is 2. The van der Waals surface area contributed by atoms with E-state index in [0.29, 0.717) is 16.9 Å². The molecule has 1 aromatic heterocycles. The number of aliphatic hydroxyl groups excluding tert-OH is 1. The zero-order valence-electron chi connectivity index (χ0n) is 11.0. The summed E-state index contributed by atoms with van der Waals surface area (Å²) >= 11 is 0. The smallest absolute Gasteiger partial charge is 0.321 e. The molecule has 7 heteroatoms. The molecule has 104 valence electrons. The van der Waals surface area contributed by atoms with Crippen LogP contribution in [0.1, 0.15) is 16.7 Å². The average molecular weight is 275 g/mol. The first-order valence-corrected chi connectivity index (χ1v) is 5.86. The highest BCUT2D eigenvalue weighted by Gasteiger charge is 2.15. The quantitative estimate of drug-likeness (QED) is 0.679. The molecule has 2 rings (SSSR count). The normalized spacial score (nSPS) is 10.3. The first-order chi connectivity index (χ1) is 9.51. The van der Waals surface area contributed by atoms with Gasteiger partial charge in [-0.25, -0.2) is 9.97 Å². The molecule has 0 atom stereocenters. The van der Waals surface area contributed by atoms with Crippen LogP contribution < -0.4 is 4.74 Å². The van der Waals surface area contributed by atoms with Crippen LogP contribution in [0.25, 0.3) is 0 Å². The predicted octanol–water partition coefficient (Wildman–Crippen LogP) is 2.29. The molecule has 0 saturated carbocycles. The van der Waals surface area contributed by atoms with Crippen molar-refractivity contribution in [2.24, 2.45) is 0 Å². The number of nitrogens with zero attached hydrogens (tertiary/aromatic N) is 3. The zero-order valence-corrected chi connectivity index (χ0v) is 11.0. The van der Waals surface area contributed by atoms with Crippen molar-refractivity contribution < 1.29 is 14.8 Å². The van der Waals surface area contributed by atoms with Gasteiger partial charge in [0.1, 0.15) is 5.75 Å². The Hall–Kier alpha value is -2.54. The third kappa shape index (κ3) is 2.89. The summed E-state index contributed by atoms with van der Waals surface area (Å²) in [5.74, 6) is 0.332. The number of ether oxygens (including phenoxy) is 1. The maximum Gasteiger partial charge on any atom is 0.321 e. The van der Waals surface area contributed by atoms with E-state index in [0.717, 1.165) is 5.56 Å². The van der Waals surface area contributed by atoms with Crippen molar-refractivity contribution in [2.45, 2.75) is 20.5 Å². The van der Waals surface area contributed by atoms with Crippen molar-refractivity contribution in [3.63, 3.8) is 0 Å². The van der Waals surface area contributed by atoms with E-state index in [2.05, 4.69) is 9.97 Å². The summed E-state index contributed by atoms with van der Waals surface area (Å²) in [6, 6.07) is 3.10. The van der Waals surface area contributed by atoms with Crippen molar-refractivity contribution in [1.82, 2.24) is 9.97 Å². The molecule has 2 aromatic rings. The largest absolute Gasteiger partial charge is 0.424 e. The standard InChI is InChI=1S/C13H13N3O4/c1-8-3-9(2)12(4-11(8)16(18)19)20-13-14-5-10(7-17)6-15-13/h3-6,17H,7H2,1-2H3. The monoisotopic (exact) mass is 275 g/mol. The number of nitro benzene ring substituents is 1.